The molecule has 1 saturated heterocycles. The van der Waals surface area contributed by atoms with Crippen LogP contribution in [0.3, 0.4) is 0 Å². The molecule has 7 heteroatoms. The van der Waals surface area contributed by atoms with Gasteiger partial charge in [-0.2, -0.15) is 0 Å². The smallest absolute Gasteiger partial charge is 0.408 e. The largest absolute Gasteiger partial charge is 0.444 e. The Hall–Kier alpha value is -2.57. The van der Waals surface area contributed by atoms with Crippen LogP contribution in [0, 0.1) is 0 Å². The summed E-state index contributed by atoms with van der Waals surface area (Å²) in [4.78, 5) is 39.3. The zero-order valence-corrected chi connectivity index (χ0v) is 15.6. The second-order valence-corrected chi connectivity index (χ2v) is 7.36. The Morgan fingerprint density at radius 2 is 1.77 bits per heavy atom. The van der Waals surface area contributed by atoms with Crippen molar-refractivity contribution in [1.29, 1.82) is 0 Å². The van der Waals surface area contributed by atoms with Gasteiger partial charge in [-0.1, -0.05) is 30.3 Å². The van der Waals surface area contributed by atoms with E-state index in [1.54, 1.807) is 30.6 Å². The maximum absolute atomic E-state index is 12.9. The van der Waals surface area contributed by atoms with Crippen molar-refractivity contribution < 1.29 is 19.1 Å². The van der Waals surface area contributed by atoms with E-state index >= 15 is 0 Å². The predicted octanol–water partition coefficient (Wildman–Crippen LogP) is 1.42. The van der Waals surface area contributed by atoms with E-state index in [0.717, 1.165) is 12.0 Å². The van der Waals surface area contributed by atoms with Gasteiger partial charge in [0.15, 0.2) is 0 Å². The molecule has 2 rings (SSSR count). The zero-order valence-electron chi connectivity index (χ0n) is 15.6. The van der Waals surface area contributed by atoms with Crippen LogP contribution in [0.5, 0.6) is 0 Å². The molecular weight excluding hydrogens is 334 g/mol. The maximum Gasteiger partial charge on any atom is 0.408 e. The molecule has 142 valence electrons. The highest BCUT2D eigenvalue weighted by molar-refractivity contribution is 5.86. The van der Waals surface area contributed by atoms with Crippen LogP contribution in [0.2, 0.25) is 0 Å². The first kappa shape index (κ1) is 19.8. The van der Waals surface area contributed by atoms with Crippen molar-refractivity contribution in [2.24, 2.45) is 0 Å². The lowest BCUT2D eigenvalue weighted by molar-refractivity contribution is -0.137. The molecule has 1 aliphatic heterocycles. The molecule has 0 aliphatic carbocycles. The van der Waals surface area contributed by atoms with E-state index in [-0.39, 0.29) is 5.91 Å². The highest BCUT2D eigenvalue weighted by Crippen LogP contribution is 2.11. The van der Waals surface area contributed by atoms with Gasteiger partial charge in [0.1, 0.15) is 11.6 Å². The van der Waals surface area contributed by atoms with Crippen LogP contribution < -0.4 is 5.32 Å². The average molecular weight is 361 g/mol. The van der Waals surface area contributed by atoms with Gasteiger partial charge in [0, 0.05) is 32.6 Å². The van der Waals surface area contributed by atoms with Crippen LogP contribution in [0.1, 0.15) is 26.3 Å². The Morgan fingerprint density at radius 1 is 1.15 bits per heavy atom. The lowest BCUT2D eigenvalue weighted by Crippen LogP contribution is -2.55. The SMILES string of the molecule is CC(C)(C)OC(=O)N[C@@H](Cc1ccccc1)C(=O)N1CCN(C=O)CC1. The summed E-state index contributed by atoms with van der Waals surface area (Å²) in [6.45, 7) is 7.24. The van der Waals surface area contributed by atoms with Crippen LogP contribution in [0.15, 0.2) is 30.3 Å². The van der Waals surface area contributed by atoms with Crippen molar-refractivity contribution in [3.05, 3.63) is 35.9 Å². The number of carbonyl (C=O) groups is 3. The molecule has 1 aromatic carbocycles. The fraction of sp³-hybridized carbons (Fsp3) is 0.526. The minimum absolute atomic E-state index is 0.162. The molecule has 1 heterocycles. The molecule has 1 aromatic rings. The Labute approximate surface area is 154 Å². The number of nitrogens with one attached hydrogen (secondary N) is 1. The molecule has 0 bridgehead atoms. The molecule has 0 spiro atoms. The van der Waals surface area contributed by atoms with Crippen molar-refractivity contribution in [2.45, 2.75) is 38.8 Å². The Balaban J connectivity index is 2.07. The van der Waals surface area contributed by atoms with Gasteiger partial charge in [-0.05, 0) is 26.3 Å². The molecule has 0 unspecified atom stereocenters. The number of piperazine rings is 1. The lowest BCUT2D eigenvalue weighted by atomic mass is 10.0. The number of benzene rings is 1. The monoisotopic (exact) mass is 361 g/mol. The number of nitrogens with zero attached hydrogens (tertiary/aromatic N) is 2. The molecule has 0 radical (unpaired) electrons. The van der Waals surface area contributed by atoms with Crippen molar-refractivity contribution in [3.8, 4) is 0 Å². The highest BCUT2D eigenvalue weighted by Gasteiger charge is 2.30. The van der Waals surface area contributed by atoms with Crippen molar-refractivity contribution in [3.63, 3.8) is 0 Å². The fourth-order valence-corrected chi connectivity index (χ4v) is 2.77. The molecule has 3 amide bonds. The molecule has 0 saturated carbocycles. The summed E-state index contributed by atoms with van der Waals surface area (Å²) in [6.07, 6.45) is 0.563. The van der Waals surface area contributed by atoms with Gasteiger partial charge >= 0.3 is 6.09 Å². The van der Waals surface area contributed by atoms with Crippen LogP contribution in [0.25, 0.3) is 0 Å². The van der Waals surface area contributed by atoms with E-state index in [0.29, 0.717) is 32.6 Å². The summed E-state index contributed by atoms with van der Waals surface area (Å²) >= 11 is 0. The fourth-order valence-electron chi connectivity index (χ4n) is 2.77. The van der Waals surface area contributed by atoms with Crippen LogP contribution in [-0.4, -0.2) is 66.0 Å². The lowest BCUT2D eigenvalue weighted by Gasteiger charge is -2.35. The first-order chi connectivity index (χ1) is 12.3. The standard InChI is InChI=1S/C19H27N3O4/c1-19(2,3)26-18(25)20-16(13-15-7-5-4-6-8-15)17(24)22-11-9-21(14-23)10-12-22/h4-8,14,16H,9-13H2,1-3H3,(H,20,25)/t16-/m0/s1. The maximum atomic E-state index is 12.9. The number of hydrogen-bond acceptors (Lipinski definition) is 4. The Morgan fingerprint density at radius 3 is 2.31 bits per heavy atom. The van der Waals surface area contributed by atoms with Gasteiger partial charge in [-0.15, -0.1) is 0 Å². The minimum atomic E-state index is -0.713. The van der Waals surface area contributed by atoms with Crippen LogP contribution in [0.4, 0.5) is 4.79 Å². The summed E-state index contributed by atoms with van der Waals surface area (Å²) in [6, 6.07) is 8.82. The summed E-state index contributed by atoms with van der Waals surface area (Å²) in [5, 5.41) is 2.71. The molecule has 0 aromatic heterocycles. The molecule has 1 atom stereocenters. The topological polar surface area (TPSA) is 79.0 Å². The second kappa shape index (κ2) is 8.69. The van der Waals surface area contributed by atoms with Gasteiger partial charge in [0.05, 0.1) is 0 Å². The summed E-state index contributed by atoms with van der Waals surface area (Å²) in [7, 11) is 0. The molecule has 26 heavy (non-hydrogen) atoms. The van der Waals surface area contributed by atoms with Crippen LogP contribution >= 0.6 is 0 Å². The third-order valence-electron chi connectivity index (χ3n) is 4.05. The predicted molar refractivity (Wildman–Crippen MR) is 97.5 cm³/mol. The van der Waals surface area contributed by atoms with Gasteiger partial charge in [-0.3, -0.25) is 9.59 Å². The number of rotatable bonds is 5. The van der Waals surface area contributed by atoms with Crippen molar-refractivity contribution >= 4 is 18.4 Å². The molecule has 1 fully saturated rings. The van der Waals surface area contributed by atoms with Gasteiger partial charge in [-0.25, -0.2) is 4.79 Å². The third-order valence-corrected chi connectivity index (χ3v) is 4.05. The van der Waals surface area contributed by atoms with Gasteiger partial charge in [0.25, 0.3) is 0 Å². The molecule has 1 N–H and O–H groups in total. The average Bonchev–Trinajstić information content (AvgIpc) is 2.60. The molecule has 1 aliphatic rings. The van der Waals surface area contributed by atoms with E-state index in [2.05, 4.69) is 5.32 Å². The first-order valence-electron chi connectivity index (χ1n) is 8.80. The van der Waals surface area contributed by atoms with E-state index in [4.69, 9.17) is 4.74 Å². The molecule has 7 nitrogen and oxygen atoms in total. The molecular formula is C19H27N3O4. The van der Waals surface area contributed by atoms with E-state index in [1.165, 1.54) is 0 Å². The Kier molecular flexibility index (Phi) is 6.60. The minimum Gasteiger partial charge on any atom is -0.444 e. The normalized spacial score (nSPS) is 16.0. The quantitative estimate of drug-likeness (QED) is 0.805. The van der Waals surface area contributed by atoms with E-state index < -0.39 is 17.7 Å². The third kappa shape index (κ3) is 6.06. The number of ether oxygens (including phenoxy) is 1. The summed E-state index contributed by atoms with van der Waals surface area (Å²) in [5.41, 5.74) is 0.313. The number of amides is 3. The van der Waals surface area contributed by atoms with Crippen molar-refractivity contribution in [1.82, 2.24) is 15.1 Å². The Bertz CT molecular complexity index is 619. The van der Waals surface area contributed by atoms with E-state index in [9.17, 15) is 14.4 Å². The summed E-state index contributed by atoms with van der Waals surface area (Å²) < 4.78 is 5.30. The number of hydrogen-bond donors (Lipinski definition) is 1. The van der Waals surface area contributed by atoms with E-state index in [1.807, 2.05) is 30.3 Å². The second-order valence-electron chi connectivity index (χ2n) is 7.36. The van der Waals surface area contributed by atoms with Gasteiger partial charge < -0.3 is 19.9 Å². The summed E-state index contributed by atoms with van der Waals surface area (Å²) in [5.74, 6) is -0.162. The van der Waals surface area contributed by atoms with Gasteiger partial charge in [0.2, 0.25) is 12.3 Å². The number of alkyl carbamates (subject to hydrolysis) is 1. The van der Waals surface area contributed by atoms with Crippen molar-refractivity contribution in [2.75, 3.05) is 26.2 Å². The zero-order chi connectivity index (χ0) is 19.2. The number of carbonyl (C=O) groups excluding carboxylic acids is 3. The van der Waals surface area contributed by atoms with Crippen LogP contribution in [-0.2, 0) is 20.7 Å². The first-order valence-corrected chi connectivity index (χ1v) is 8.80. The highest BCUT2D eigenvalue weighted by atomic mass is 16.6.